The van der Waals surface area contributed by atoms with Crippen LogP contribution in [0.3, 0.4) is 0 Å². The van der Waals surface area contributed by atoms with Crippen LogP contribution in [0.1, 0.15) is 22.1 Å². The van der Waals surface area contributed by atoms with Gasteiger partial charge >= 0.3 is 11.8 Å². The van der Waals surface area contributed by atoms with E-state index in [4.69, 9.17) is 8.83 Å². The van der Waals surface area contributed by atoms with Crippen LogP contribution in [0.5, 0.6) is 0 Å². The van der Waals surface area contributed by atoms with Gasteiger partial charge in [-0.3, -0.25) is 14.9 Å². The number of nitro groups is 1. The molecule has 0 aromatic carbocycles. The summed E-state index contributed by atoms with van der Waals surface area (Å²) in [7, 11) is 0. The molecule has 0 unspecified atom stereocenters. The van der Waals surface area contributed by atoms with Gasteiger partial charge in [-0.05, 0) is 25.1 Å². The van der Waals surface area contributed by atoms with Gasteiger partial charge < -0.3 is 8.83 Å². The number of rotatable bonds is 4. The Hall–Kier alpha value is -2.90. The molecule has 8 nitrogen and oxygen atoms in total. The third kappa shape index (κ3) is 3.06. The van der Waals surface area contributed by atoms with Gasteiger partial charge in [0.2, 0.25) is 0 Å². The lowest BCUT2D eigenvalue weighted by molar-refractivity contribution is -0.402. The number of hydrogen-bond donors (Lipinski definition) is 1. The first-order chi connectivity index (χ1) is 9.06. The van der Waals surface area contributed by atoms with Crippen molar-refractivity contribution in [3.63, 3.8) is 0 Å². The summed E-state index contributed by atoms with van der Waals surface area (Å²) >= 11 is 0. The van der Waals surface area contributed by atoms with Crippen molar-refractivity contribution in [1.29, 1.82) is 0 Å². The van der Waals surface area contributed by atoms with Crippen LogP contribution in [-0.2, 0) is 0 Å². The molecule has 0 bridgehead atoms. The average molecular weight is 263 g/mol. The van der Waals surface area contributed by atoms with Gasteiger partial charge in [-0.1, -0.05) is 0 Å². The smallest absolute Gasteiger partial charge is 0.433 e. The SMILES string of the molecule is Cc1ccc(C(=O)N/N=C/c2ccc([N+](=O)[O-])o2)o1. The third-order valence-corrected chi connectivity index (χ3v) is 2.11. The van der Waals surface area contributed by atoms with Crippen LogP contribution < -0.4 is 5.43 Å². The molecule has 0 spiro atoms. The highest BCUT2D eigenvalue weighted by atomic mass is 16.6. The lowest BCUT2D eigenvalue weighted by Crippen LogP contribution is -2.16. The van der Waals surface area contributed by atoms with Crippen molar-refractivity contribution in [2.75, 3.05) is 0 Å². The third-order valence-electron chi connectivity index (χ3n) is 2.11. The minimum atomic E-state index is -0.665. The van der Waals surface area contributed by atoms with Crippen molar-refractivity contribution in [1.82, 2.24) is 5.43 Å². The Labute approximate surface area is 106 Å². The minimum absolute atomic E-state index is 0.125. The number of nitrogens with zero attached hydrogens (tertiary/aromatic N) is 2. The van der Waals surface area contributed by atoms with E-state index in [1.165, 1.54) is 18.2 Å². The van der Waals surface area contributed by atoms with Crippen molar-refractivity contribution in [3.8, 4) is 0 Å². The summed E-state index contributed by atoms with van der Waals surface area (Å²) in [4.78, 5) is 21.2. The summed E-state index contributed by atoms with van der Waals surface area (Å²) in [5.74, 6) is -0.0293. The van der Waals surface area contributed by atoms with Crippen LogP contribution in [0.4, 0.5) is 5.88 Å². The van der Waals surface area contributed by atoms with Crippen LogP contribution in [-0.4, -0.2) is 17.0 Å². The Morgan fingerprint density at radius 1 is 1.37 bits per heavy atom. The van der Waals surface area contributed by atoms with Crippen LogP contribution >= 0.6 is 0 Å². The Morgan fingerprint density at radius 3 is 2.74 bits per heavy atom. The van der Waals surface area contributed by atoms with Crippen molar-refractivity contribution >= 4 is 18.0 Å². The number of furan rings is 2. The number of carbonyl (C=O) groups excluding carboxylic acids is 1. The molecular weight excluding hydrogens is 254 g/mol. The predicted octanol–water partition coefficient (Wildman–Crippen LogP) is 1.85. The largest absolute Gasteiger partial charge is 0.456 e. The molecule has 2 aromatic rings. The Balaban J connectivity index is 1.96. The minimum Gasteiger partial charge on any atom is -0.456 e. The number of aryl methyl sites for hydroxylation is 1. The van der Waals surface area contributed by atoms with Gasteiger partial charge in [-0.15, -0.1) is 0 Å². The Morgan fingerprint density at radius 2 is 2.16 bits per heavy atom. The highest BCUT2D eigenvalue weighted by Gasteiger charge is 2.11. The zero-order valence-electron chi connectivity index (χ0n) is 9.82. The molecule has 2 rings (SSSR count). The van der Waals surface area contributed by atoms with E-state index in [2.05, 4.69) is 10.5 Å². The maximum Gasteiger partial charge on any atom is 0.433 e. The number of hydrogen-bond acceptors (Lipinski definition) is 6. The molecule has 2 aromatic heterocycles. The lowest BCUT2D eigenvalue weighted by Gasteiger charge is -1.93. The molecule has 19 heavy (non-hydrogen) atoms. The molecule has 0 saturated heterocycles. The molecule has 0 saturated carbocycles. The molecule has 2 heterocycles. The van der Waals surface area contributed by atoms with Crippen LogP contribution in [0, 0.1) is 17.0 Å². The molecule has 0 aliphatic carbocycles. The van der Waals surface area contributed by atoms with Gasteiger partial charge in [0.05, 0.1) is 12.3 Å². The maximum atomic E-state index is 11.5. The molecule has 98 valence electrons. The van der Waals surface area contributed by atoms with Gasteiger partial charge in [0.25, 0.3) is 0 Å². The average Bonchev–Trinajstić information content (AvgIpc) is 2.98. The van der Waals surface area contributed by atoms with Crippen LogP contribution in [0.2, 0.25) is 0 Å². The number of nitrogens with one attached hydrogen (secondary N) is 1. The predicted molar refractivity (Wildman–Crippen MR) is 63.9 cm³/mol. The van der Waals surface area contributed by atoms with Gasteiger partial charge in [0.15, 0.2) is 11.5 Å². The Bertz CT molecular complexity index is 640. The summed E-state index contributed by atoms with van der Waals surface area (Å²) < 4.78 is 9.90. The summed E-state index contributed by atoms with van der Waals surface area (Å²) in [6, 6.07) is 5.72. The van der Waals surface area contributed by atoms with Crippen molar-refractivity contribution in [2.24, 2.45) is 5.10 Å². The second-order valence-electron chi connectivity index (χ2n) is 3.54. The fourth-order valence-corrected chi connectivity index (χ4v) is 1.28. The van der Waals surface area contributed by atoms with E-state index >= 15 is 0 Å². The second kappa shape index (κ2) is 5.17. The molecular formula is C11H9N3O5. The number of amides is 1. The van der Waals surface area contributed by atoms with E-state index in [1.807, 2.05) is 0 Å². The molecule has 1 amide bonds. The summed E-state index contributed by atoms with van der Waals surface area (Å²) in [5, 5.41) is 14.0. The second-order valence-corrected chi connectivity index (χ2v) is 3.54. The first-order valence-corrected chi connectivity index (χ1v) is 5.20. The normalized spacial score (nSPS) is 10.8. The van der Waals surface area contributed by atoms with E-state index in [0.717, 1.165) is 6.21 Å². The number of hydrazone groups is 1. The van der Waals surface area contributed by atoms with Gasteiger partial charge in [0, 0.05) is 0 Å². The summed E-state index contributed by atoms with van der Waals surface area (Å²) in [6.07, 6.45) is 1.15. The van der Waals surface area contributed by atoms with Crippen LogP contribution in [0.15, 0.2) is 38.2 Å². The summed E-state index contributed by atoms with van der Waals surface area (Å²) in [5.41, 5.74) is 2.21. The van der Waals surface area contributed by atoms with Crippen molar-refractivity contribution in [3.05, 3.63) is 51.7 Å². The maximum absolute atomic E-state index is 11.5. The molecule has 8 heteroatoms. The van der Waals surface area contributed by atoms with Gasteiger partial charge in [-0.25, -0.2) is 5.43 Å². The zero-order chi connectivity index (χ0) is 13.8. The fourth-order valence-electron chi connectivity index (χ4n) is 1.28. The van der Waals surface area contributed by atoms with Crippen molar-refractivity contribution in [2.45, 2.75) is 6.92 Å². The van der Waals surface area contributed by atoms with E-state index < -0.39 is 16.7 Å². The monoisotopic (exact) mass is 263 g/mol. The standard InChI is InChI=1S/C11H9N3O5/c1-7-2-4-9(18-7)11(15)13-12-6-8-3-5-10(19-8)14(16)17/h2-6H,1H3,(H,13,15)/b12-6+. The van der Waals surface area contributed by atoms with Gasteiger partial charge in [0.1, 0.15) is 10.7 Å². The molecule has 0 aliphatic heterocycles. The van der Waals surface area contributed by atoms with Gasteiger partial charge in [-0.2, -0.15) is 5.10 Å². The molecule has 1 N–H and O–H groups in total. The number of carbonyl (C=O) groups is 1. The molecule has 0 radical (unpaired) electrons. The highest BCUT2D eigenvalue weighted by molar-refractivity contribution is 5.92. The van der Waals surface area contributed by atoms with E-state index in [-0.39, 0.29) is 11.5 Å². The van der Waals surface area contributed by atoms with E-state index in [1.54, 1.807) is 13.0 Å². The quantitative estimate of drug-likeness (QED) is 0.514. The molecule has 0 atom stereocenters. The first-order valence-electron chi connectivity index (χ1n) is 5.20. The first kappa shape index (κ1) is 12.6. The molecule has 0 fully saturated rings. The lowest BCUT2D eigenvalue weighted by atomic mass is 10.4. The topological polar surface area (TPSA) is 111 Å². The van der Waals surface area contributed by atoms with Crippen LogP contribution in [0.25, 0.3) is 0 Å². The van der Waals surface area contributed by atoms with Crippen molar-refractivity contribution < 1.29 is 18.6 Å². The fraction of sp³-hybridized carbons (Fsp3) is 0.0909. The highest BCUT2D eigenvalue weighted by Crippen LogP contribution is 2.13. The Kier molecular flexibility index (Phi) is 3.42. The molecule has 0 aliphatic rings. The zero-order valence-corrected chi connectivity index (χ0v) is 9.82. The summed E-state index contributed by atoms with van der Waals surface area (Å²) in [6.45, 7) is 1.71. The van der Waals surface area contributed by atoms with E-state index in [9.17, 15) is 14.9 Å². The van der Waals surface area contributed by atoms with E-state index in [0.29, 0.717) is 5.76 Å².